The Morgan fingerprint density at radius 2 is 2.04 bits per heavy atom. The molecule has 132 valence electrons. The Bertz CT molecular complexity index is 647. The summed E-state index contributed by atoms with van der Waals surface area (Å²) in [7, 11) is 7.12. The lowest BCUT2D eigenvalue weighted by atomic mass is 10.2. The number of ether oxygens (including phenoxy) is 2. The third-order valence-corrected chi connectivity index (χ3v) is 4.35. The Morgan fingerprint density at radius 1 is 1.25 bits per heavy atom. The van der Waals surface area contributed by atoms with Crippen molar-refractivity contribution in [3.63, 3.8) is 0 Å². The predicted molar refractivity (Wildman–Crippen MR) is 111 cm³/mol. The Kier molecular flexibility index (Phi) is 8.91. The normalized spacial score (nSPS) is 10.8. The number of methoxy groups -OCH3 is 2. The molecule has 0 saturated carbocycles. The largest absolute Gasteiger partial charge is 0.497 e. The van der Waals surface area contributed by atoms with Gasteiger partial charge < -0.3 is 19.7 Å². The molecule has 2 aromatic rings. The van der Waals surface area contributed by atoms with Crippen LogP contribution in [0, 0.1) is 0 Å². The molecule has 0 radical (unpaired) electrons. The van der Waals surface area contributed by atoms with Crippen molar-refractivity contribution < 1.29 is 9.47 Å². The van der Waals surface area contributed by atoms with Crippen molar-refractivity contribution in [2.75, 3.05) is 28.3 Å². The van der Waals surface area contributed by atoms with E-state index in [4.69, 9.17) is 9.47 Å². The van der Waals surface area contributed by atoms with Crippen molar-refractivity contribution in [3.05, 3.63) is 46.2 Å². The van der Waals surface area contributed by atoms with Crippen LogP contribution < -0.4 is 14.8 Å². The number of aliphatic imine (C=N–C) groups is 1. The van der Waals surface area contributed by atoms with E-state index in [9.17, 15) is 0 Å². The van der Waals surface area contributed by atoms with Gasteiger partial charge >= 0.3 is 0 Å². The highest BCUT2D eigenvalue weighted by Gasteiger charge is 2.11. The van der Waals surface area contributed by atoms with Crippen LogP contribution in [0.4, 0.5) is 0 Å². The van der Waals surface area contributed by atoms with E-state index in [0.717, 1.165) is 29.6 Å². The van der Waals surface area contributed by atoms with E-state index in [-0.39, 0.29) is 24.0 Å². The summed E-state index contributed by atoms with van der Waals surface area (Å²) in [5.41, 5.74) is 1.08. The van der Waals surface area contributed by atoms with Gasteiger partial charge in [0.2, 0.25) is 0 Å². The average molecular weight is 461 g/mol. The lowest BCUT2D eigenvalue weighted by Crippen LogP contribution is -2.37. The van der Waals surface area contributed by atoms with Crippen LogP contribution in [-0.4, -0.2) is 39.2 Å². The first-order valence-corrected chi connectivity index (χ1v) is 8.21. The minimum atomic E-state index is 0. The monoisotopic (exact) mass is 461 g/mol. The number of hydrogen-bond acceptors (Lipinski definition) is 4. The van der Waals surface area contributed by atoms with Gasteiger partial charge in [0.25, 0.3) is 0 Å². The maximum Gasteiger partial charge on any atom is 0.193 e. The van der Waals surface area contributed by atoms with Crippen LogP contribution in [0.2, 0.25) is 0 Å². The van der Waals surface area contributed by atoms with Crippen molar-refractivity contribution in [2.45, 2.75) is 13.1 Å². The number of nitrogens with zero attached hydrogens (tertiary/aromatic N) is 2. The lowest BCUT2D eigenvalue weighted by Gasteiger charge is -2.23. The van der Waals surface area contributed by atoms with Gasteiger partial charge in [-0.15, -0.1) is 35.3 Å². The smallest absolute Gasteiger partial charge is 0.193 e. The van der Waals surface area contributed by atoms with E-state index in [1.165, 1.54) is 4.88 Å². The van der Waals surface area contributed by atoms with Crippen LogP contribution in [0.3, 0.4) is 0 Å². The molecule has 1 heterocycles. The molecule has 24 heavy (non-hydrogen) atoms. The first-order chi connectivity index (χ1) is 11.2. The van der Waals surface area contributed by atoms with Crippen LogP contribution >= 0.6 is 35.3 Å². The van der Waals surface area contributed by atoms with Crippen LogP contribution in [0.15, 0.2) is 40.7 Å². The van der Waals surface area contributed by atoms with Gasteiger partial charge in [-0.05, 0) is 23.6 Å². The molecule has 0 aliphatic heterocycles. The fraction of sp³-hybridized carbons (Fsp3) is 0.353. The molecule has 7 heteroatoms. The number of rotatable bonds is 6. The molecule has 1 aromatic carbocycles. The molecule has 1 N–H and O–H groups in total. The minimum absolute atomic E-state index is 0. The summed E-state index contributed by atoms with van der Waals surface area (Å²) >= 11 is 1.73. The van der Waals surface area contributed by atoms with E-state index in [1.54, 1.807) is 32.6 Å². The van der Waals surface area contributed by atoms with Crippen molar-refractivity contribution >= 4 is 41.3 Å². The standard InChI is InChI=1S/C17H23N3O2S.HI/c1-18-17(19-11-15-6-5-9-23-15)20(2)12-13-7-8-14(21-3)10-16(13)22-4;/h5-10H,11-12H2,1-4H3,(H,18,19);1H. The van der Waals surface area contributed by atoms with E-state index < -0.39 is 0 Å². The molecule has 0 amide bonds. The number of benzene rings is 1. The number of thiophene rings is 1. The van der Waals surface area contributed by atoms with Crippen molar-refractivity contribution in [1.82, 2.24) is 10.2 Å². The maximum atomic E-state index is 5.46. The van der Waals surface area contributed by atoms with Gasteiger partial charge in [0.15, 0.2) is 5.96 Å². The van der Waals surface area contributed by atoms with Crippen LogP contribution in [0.5, 0.6) is 11.5 Å². The van der Waals surface area contributed by atoms with Crippen LogP contribution in [0.1, 0.15) is 10.4 Å². The van der Waals surface area contributed by atoms with Gasteiger partial charge in [-0.2, -0.15) is 0 Å². The van der Waals surface area contributed by atoms with Crippen molar-refractivity contribution in [2.24, 2.45) is 4.99 Å². The predicted octanol–water partition coefficient (Wildman–Crippen LogP) is 3.59. The summed E-state index contributed by atoms with van der Waals surface area (Å²) in [6.45, 7) is 1.46. The Balaban J connectivity index is 0.00000288. The Morgan fingerprint density at radius 3 is 2.62 bits per heavy atom. The highest BCUT2D eigenvalue weighted by Crippen LogP contribution is 2.25. The first-order valence-electron chi connectivity index (χ1n) is 7.33. The summed E-state index contributed by atoms with van der Waals surface area (Å²) < 4.78 is 10.7. The lowest BCUT2D eigenvalue weighted by molar-refractivity contribution is 0.382. The number of hydrogen-bond donors (Lipinski definition) is 1. The minimum Gasteiger partial charge on any atom is -0.497 e. The molecule has 0 unspecified atom stereocenters. The zero-order chi connectivity index (χ0) is 16.7. The quantitative estimate of drug-likeness (QED) is 0.406. The van der Waals surface area contributed by atoms with E-state index in [1.807, 2.05) is 25.2 Å². The molecular weight excluding hydrogens is 437 g/mol. The molecule has 0 aliphatic rings. The average Bonchev–Trinajstić information content (AvgIpc) is 3.09. The van der Waals surface area contributed by atoms with Crippen LogP contribution in [0.25, 0.3) is 0 Å². The molecule has 5 nitrogen and oxygen atoms in total. The van der Waals surface area contributed by atoms with E-state index >= 15 is 0 Å². The van der Waals surface area contributed by atoms with Gasteiger partial charge in [-0.1, -0.05) is 6.07 Å². The number of nitrogens with one attached hydrogen (secondary N) is 1. The third kappa shape index (κ3) is 5.55. The van der Waals surface area contributed by atoms with E-state index in [2.05, 4.69) is 32.7 Å². The molecule has 0 saturated heterocycles. The second-order valence-electron chi connectivity index (χ2n) is 5.01. The third-order valence-electron chi connectivity index (χ3n) is 3.48. The van der Waals surface area contributed by atoms with Gasteiger partial charge in [-0.3, -0.25) is 4.99 Å². The zero-order valence-electron chi connectivity index (χ0n) is 14.4. The molecule has 0 bridgehead atoms. The second-order valence-corrected chi connectivity index (χ2v) is 6.05. The molecule has 0 atom stereocenters. The summed E-state index contributed by atoms with van der Waals surface area (Å²) in [4.78, 5) is 7.69. The molecular formula is C17H24IN3O2S. The maximum absolute atomic E-state index is 5.46. The molecule has 2 rings (SSSR count). The Hall–Kier alpha value is -1.48. The summed E-state index contributed by atoms with van der Waals surface area (Å²) in [5, 5.41) is 5.45. The topological polar surface area (TPSA) is 46.1 Å². The van der Waals surface area contributed by atoms with Gasteiger partial charge in [0.05, 0.1) is 20.8 Å². The number of halogens is 1. The molecule has 0 aliphatic carbocycles. The molecule has 0 spiro atoms. The fourth-order valence-electron chi connectivity index (χ4n) is 2.28. The number of guanidine groups is 1. The molecule has 1 aromatic heterocycles. The SMILES string of the molecule is CN=C(NCc1cccs1)N(C)Cc1ccc(OC)cc1OC.I. The van der Waals surface area contributed by atoms with Gasteiger partial charge in [-0.25, -0.2) is 0 Å². The molecule has 0 fully saturated rings. The van der Waals surface area contributed by atoms with Gasteiger partial charge in [0, 0.05) is 37.1 Å². The second kappa shape index (κ2) is 10.4. The zero-order valence-corrected chi connectivity index (χ0v) is 17.6. The fourth-order valence-corrected chi connectivity index (χ4v) is 2.92. The first kappa shape index (κ1) is 20.6. The highest BCUT2D eigenvalue weighted by molar-refractivity contribution is 14.0. The van der Waals surface area contributed by atoms with Crippen molar-refractivity contribution in [1.29, 1.82) is 0 Å². The summed E-state index contributed by atoms with van der Waals surface area (Å²) in [6, 6.07) is 10.0. The Labute approximate surface area is 164 Å². The van der Waals surface area contributed by atoms with Gasteiger partial charge in [0.1, 0.15) is 11.5 Å². The van der Waals surface area contributed by atoms with E-state index in [0.29, 0.717) is 6.54 Å². The summed E-state index contributed by atoms with van der Waals surface area (Å²) in [5.74, 6) is 2.44. The van der Waals surface area contributed by atoms with Crippen molar-refractivity contribution in [3.8, 4) is 11.5 Å². The summed E-state index contributed by atoms with van der Waals surface area (Å²) in [6.07, 6.45) is 0. The highest BCUT2D eigenvalue weighted by atomic mass is 127. The van der Waals surface area contributed by atoms with Crippen LogP contribution in [-0.2, 0) is 13.1 Å².